The first-order valence-corrected chi connectivity index (χ1v) is 9.69. The highest BCUT2D eigenvalue weighted by molar-refractivity contribution is 7.91. The molecule has 0 saturated carbocycles. The van der Waals surface area contributed by atoms with Crippen LogP contribution in [0.4, 0.5) is 0 Å². The minimum absolute atomic E-state index is 0.00307. The van der Waals surface area contributed by atoms with Crippen LogP contribution in [0.2, 0.25) is 0 Å². The van der Waals surface area contributed by atoms with Crippen LogP contribution in [0.15, 0.2) is 82.6 Å². The zero-order valence-electron chi connectivity index (χ0n) is 14.6. The molecule has 3 aromatic rings. The third-order valence-corrected chi connectivity index (χ3v) is 5.82. The largest absolute Gasteiger partial charge is 0.497 e. The van der Waals surface area contributed by atoms with Crippen molar-refractivity contribution in [2.24, 2.45) is 0 Å². The van der Waals surface area contributed by atoms with Gasteiger partial charge in [0.05, 0.1) is 23.3 Å². The number of hydrogen-bond donors (Lipinski definition) is 1. The number of methoxy groups -OCH3 is 1. The number of benzene rings is 3. The summed E-state index contributed by atoms with van der Waals surface area (Å²) < 4.78 is 31.4. The maximum Gasteiger partial charge on any atom is 0.307 e. The highest BCUT2D eigenvalue weighted by Crippen LogP contribution is 2.29. The molecule has 0 fully saturated rings. The van der Waals surface area contributed by atoms with Gasteiger partial charge in [-0.15, -0.1) is 0 Å². The SMILES string of the molecule is COc1cc(CC(=O)O)cc(S(=O)(=O)c2cccc(-c3ccccc3)c2)c1. The van der Waals surface area contributed by atoms with Gasteiger partial charge in [0.1, 0.15) is 5.75 Å². The van der Waals surface area contributed by atoms with Crippen LogP contribution in [-0.4, -0.2) is 26.6 Å². The van der Waals surface area contributed by atoms with Crippen molar-refractivity contribution in [1.82, 2.24) is 0 Å². The summed E-state index contributed by atoms with van der Waals surface area (Å²) in [5.41, 5.74) is 2.05. The summed E-state index contributed by atoms with van der Waals surface area (Å²) in [5, 5.41) is 9.01. The standard InChI is InChI=1S/C21H18O5S/c1-26-18-10-15(12-21(22)23)11-20(14-18)27(24,25)19-9-5-8-17(13-19)16-6-3-2-4-7-16/h2-11,13-14H,12H2,1H3,(H,22,23). The van der Waals surface area contributed by atoms with Crippen LogP contribution in [0.5, 0.6) is 5.75 Å². The number of hydrogen-bond acceptors (Lipinski definition) is 4. The minimum Gasteiger partial charge on any atom is -0.497 e. The van der Waals surface area contributed by atoms with Gasteiger partial charge in [0.15, 0.2) is 0 Å². The fraction of sp³-hybridized carbons (Fsp3) is 0.0952. The number of aliphatic carboxylic acids is 1. The van der Waals surface area contributed by atoms with Gasteiger partial charge in [0, 0.05) is 0 Å². The van der Waals surface area contributed by atoms with Crippen molar-refractivity contribution >= 4 is 15.8 Å². The highest BCUT2D eigenvalue weighted by atomic mass is 32.2. The highest BCUT2D eigenvalue weighted by Gasteiger charge is 2.20. The van der Waals surface area contributed by atoms with Crippen molar-refractivity contribution in [2.45, 2.75) is 16.2 Å². The van der Waals surface area contributed by atoms with Crippen LogP contribution in [0, 0.1) is 0 Å². The second kappa shape index (κ2) is 7.63. The van der Waals surface area contributed by atoms with E-state index in [2.05, 4.69) is 0 Å². The van der Waals surface area contributed by atoms with E-state index >= 15 is 0 Å². The first kappa shape index (κ1) is 18.7. The van der Waals surface area contributed by atoms with Crippen molar-refractivity contribution in [3.05, 3.63) is 78.4 Å². The lowest BCUT2D eigenvalue weighted by Gasteiger charge is -2.11. The Balaban J connectivity index is 2.08. The molecule has 3 aromatic carbocycles. The van der Waals surface area contributed by atoms with Crippen LogP contribution < -0.4 is 4.74 Å². The van der Waals surface area contributed by atoms with E-state index < -0.39 is 15.8 Å². The summed E-state index contributed by atoms with van der Waals surface area (Å²) in [6.07, 6.45) is -0.288. The molecule has 138 valence electrons. The van der Waals surface area contributed by atoms with Crippen molar-refractivity contribution in [1.29, 1.82) is 0 Å². The smallest absolute Gasteiger partial charge is 0.307 e. The monoisotopic (exact) mass is 382 g/mol. The molecular formula is C21H18O5S. The summed E-state index contributed by atoms with van der Waals surface area (Å²) in [4.78, 5) is 11.2. The number of rotatable bonds is 6. The van der Waals surface area contributed by atoms with E-state index in [1.165, 1.54) is 31.4 Å². The lowest BCUT2D eigenvalue weighted by molar-refractivity contribution is -0.136. The maximum atomic E-state index is 13.1. The molecule has 0 aliphatic rings. The number of ether oxygens (including phenoxy) is 1. The molecule has 0 unspecified atom stereocenters. The average molecular weight is 382 g/mol. The second-order valence-corrected chi connectivity index (χ2v) is 7.93. The Bertz CT molecular complexity index is 1070. The average Bonchev–Trinajstić information content (AvgIpc) is 2.68. The van der Waals surface area contributed by atoms with Crippen molar-refractivity contribution in [3.8, 4) is 16.9 Å². The molecule has 3 rings (SSSR count). The zero-order valence-corrected chi connectivity index (χ0v) is 15.4. The van der Waals surface area contributed by atoms with E-state index in [1.807, 2.05) is 36.4 Å². The zero-order chi connectivity index (χ0) is 19.4. The van der Waals surface area contributed by atoms with Gasteiger partial charge in [-0.2, -0.15) is 0 Å². The fourth-order valence-electron chi connectivity index (χ4n) is 2.79. The third-order valence-electron chi connectivity index (χ3n) is 4.09. The quantitative estimate of drug-likeness (QED) is 0.701. The van der Waals surface area contributed by atoms with Gasteiger partial charge < -0.3 is 9.84 Å². The van der Waals surface area contributed by atoms with E-state index in [-0.39, 0.29) is 16.2 Å². The van der Waals surface area contributed by atoms with Gasteiger partial charge in [0.25, 0.3) is 0 Å². The van der Waals surface area contributed by atoms with Crippen LogP contribution in [0.1, 0.15) is 5.56 Å². The first-order chi connectivity index (χ1) is 12.9. The Morgan fingerprint density at radius 1 is 0.889 bits per heavy atom. The molecule has 1 N–H and O–H groups in total. The van der Waals surface area contributed by atoms with Gasteiger partial charge in [0.2, 0.25) is 9.84 Å². The number of carboxylic acids is 1. The predicted octanol–water partition coefficient (Wildman–Crippen LogP) is 3.82. The van der Waals surface area contributed by atoms with E-state index in [0.717, 1.165) is 11.1 Å². The maximum absolute atomic E-state index is 13.1. The van der Waals surface area contributed by atoms with Gasteiger partial charge in [-0.25, -0.2) is 8.42 Å². The molecule has 5 nitrogen and oxygen atoms in total. The molecule has 27 heavy (non-hydrogen) atoms. The Labute approximate surface area is 157 Å². The van der Waals surface area contributed by atoms with E-state index in [9.17, 15) is 13.2 Å². The molecule has 0 atom stereocenters. The topological polar surface area (TPSA) is 80.7 Å². The van der Waals surface area contributed by atoms with Gasteiger partial charge in [-0.1, -0.05) is 42.5 Å². The number of sulfone groups is 1. The summed E-state index contributed by atoms with van der Waals surface area (Å²) in [7, 11) is -2.42. The van der Waals surface area contributed by atoms with Gasteiger partial charge in [-0.05, 0) is 47.0 Å². The van der Waals surface area contributed by atoms with Crippen LogP contribution >= 0.6 is 0 Å². The molecule has 0 heterocycles. The first-order valence-electron chi connectivity index (χ1n) is 8.20. The molecule has 0 bridgehead atoms. The van der Waals surface area contributed by atoms with E-state index in [4.69, 9.17) is 9.84 Å². The number of carboxylic acid groups (broad SMARTS) is 1. The van der Waals surface area contributed by atoms with Crippen molar-refractivity contribution in [3.63, 3.8) is 0 Å². The summed E-state index contributed by atoms with van der Waals surface area (Å²) >= 11 is 0. The second-order valence-electron chi connectivity index (χ2n) is 5.98. The summed E-state index contributed by atoms with van der Waals surface area (Å²) in [6, 6.07) is 20.4. The summed E-state index contributed by atoms with van der Waals surface area (Å²) in [6.45, 7) is 0. The fourth-order valence-corrected chi connectivity index (χ4v) is 4.18. The van der Waals surface area contributed by atoms with Crippen LogP contribution in [0.3, 0.4) is 0 Å². The van der Waals surface area contributed by atoms with Crippen LogP contribution in [-0.2, 0) is 21.1 Å². The van der Waals surface area contributed by atoms with Gasteiger partial charge in [-0.3, -0.25) is 4.79 Å². The number of carbonyl (C=O) groups is 1. The minimum atomic E-state index is -3.83. The van der Waals surface area contributed by atoms with Gasteiger partial charge >= 0.3 is 5.97 Å². The summed E-state index contributed by atoms with van der Waals surface area (Å²) in [5.74, 6) is -0.746. The van der Waals surface area contributed by atoms with E-state index in [1.54, 1.807) is 12.1 Å². The molecule has 6 heteroatoms. The lowest BCUT2D eigenvalue weighted by Crippen LogP contribution is -2.06. The van der Waals surface area contributed by atoms with Crippen LogP contribution in [0.25, 0.3) is 11.1 Å². The third kappa shape index (κ3) is 4.17. The molecule has 0 spiro atoms. The molecule has 0 aliphatic heterocycles. The molecule has 0 saturated heterocycles. The Kier molecular flexibility index (Phi) is 5.28. The molecular weight excluding hydrogens is 364 g/mol. The molecule has 0 radical (unpaired) electrons. The van der Waals surface area contributed by atoms with E-state index in [0.29, 0.717) is 11.3 Å². The predicted molar refractivity (Wildman–Crippen MR) is 102 cm³/mol. The molecule has 0 aromatic heterocycles. The molecule has 0 amide bonds. The Hall–Kier alpha value is -3.12. The Morgan fingerprint density at radius 3 is 2.26 bits per heavy atom. The van der Waals surface area contributed by atoms with Crippen molar-refractivity contribution in [2.75, 3.05) is 7.11 Å². The Morgan fingerprint density at radius 2 is 1.59 bits per heavy atom. The molecule has 0 aliphatic carbocycles. The van der Waals surface area contributed by atoms with Crippen molar-refractivity contribution < 1.29 is 23.1 Å². The lowest BCUT2D eigenvalue weighted by atomic mass is 10.1. The normalized spacial score (nSPS) is 11.1.